The molecule has 0 aliphatic carbocycles. The molecule has 3 N–H and O–H groups in total. The van der Waals surface area contributed by atoms with E-state index in [0.717, 1.165) is 0 Å². The van der Waals surface area contributed by atoms with Gasteiger partial charge in [0.15, 0.2) is 0 Å². The van der Waals surface area contributed by atoms with E-state index in [0.29, 0.717) is 22.9 Å². The molecule has 0 bridgehead atoms. The molecule has 1 atom stereocenters. The van der Waals surface area contributed by atoms with Gasteiger partial charge in [0.2, 0.25) is 11.9 Å². The van der Waals surface area contributed by atoms with Crippen molar-refractivity contribution in [2.45, 2.75) is 13.0 Å². The quantitative estimate of drug-likeness (QED) is 0.773. The highest BCUT2D eigenvalue weighted by Gasteiger charge is 2.33. The third-order valence-electron chi connectivity index (χ3n) is 2.95. The number of fused-ring (bicyclic) bond motifs is 1. The fraction of sp³-hybridized carbons (Fsp3) is 0.182. The van der Waals surface area contributed by atoms with E-state index in [1.54, 1.807) is 25.3 Å². The van der Waals surface area contributed by atoms with Gasteiger partial charge >= 0.3 is 0 Å². The number of carbonyl (C=O) groups is 1. The maximum atomic E-state index is 11.7. The van der Waals surface area contributed by atoms with Crippen molar-refractivity contribution in [3.63, 3.8) is 0 Å². The summed E-state index contributed by atoms with van der Waals surface area (Å²) in [6.07, 6.45) is 1.65. The summed E-state index contributed by atoms with van der Waals surface area (Å²) in [5.74, 6) is -0.0695. The van der Waals surface area contributed by atoms with Crippen molar-refractivity contribution in [1.82, 2.24) is 25.2 Å². The summed E-state index contributed by atoms with van der Waals surface area (Å²) in [4.78, 5) is 16.0. The largest absolute Gasteiger partial charge is 0.366 e. The third kappa shape index (κ3) is 1.73. The molecule has 0 spiro atoms. The number of allylic oxidation sites excluding steroid dienone is 1. The number of anilines is 1. The van der Waals surface area contributed by atoms with Gasteiger partial charge in [-0.2, -0.15) is 4.68 Å². The molecule has 2 aromatic rings. The van der Waals surface area contributed by atoms with Gasteiger partial charge < -0.3 is 11.1 Å². The fourth-order valence-electron chi connectivity index (χ4n) is 2.14. The molecular weight excluding hydrogens is 246 g/mol. The monoisotopic (exact) mass is 257 g/mol. The van der Waals surface area contributed by atoms with Crippen molar-refractivity contribution in [3.05, 3.63) is 41.4 Å². The lowest BCUT2D eigenvalue weighted by Gasteiger charge is -2.25. The second kappa shape index (κ2) is 4.16. The molecule has 1 amide bonds. The van der Waals surface area contributed by atoms with E-state index in [-0.39, 0.29) is 0 Å². The van der Waals surface area contributed by atoms with Gasteiger partial charge in [-0.1, -0.05) is 11.2 Å². The van der Waals surface area contributed by atoms with Crippen LogP contribution in [0.2, 0.25) is 0 Å². The van der Waals surface area contributed by atoms with Gasteiger partial charge in [0.05, 0.1) is 11.3 Å². The zero-order valence-electron chi connectivity index (χ0n) is 10.1. The molecule has 2 aromatic heterocycles. The lowest BCUT2D eigenvalue weighted by Crippen LogP contribution is -2.32. The lowest BCUT2D eigenvalue weighted by atomic mass is 9.99. The Labute approximate surface area is 108 Å². The minimum atomic E-state index is -0.526. The molecule has 0 unspecified atom stereocenters. The molecule has 8 nitrogen and oxygen atoms in total. The first-order chi connectivity index (χ1) is 9.18. The maximum absolute atomic E-state index is 11.7. The highest BCUT2D eigenvalue weighted by Crippen LogP contribution is 2.32. The minimum Gasteiger partial charge on any atom is -0.366 e. The molecule has 1 aliphatic rings. The van der Waals surface area contributed by atoms with E-state index >= 15 is 0 Å². The number of nitrogens with zero attached hydrogens (tertiary/aromatic N) is 5. The van der Waals surface area contributed by atoms with Crippen molar-refractivity contribution in [2.24, 2.45) is 5.73 Å². The van der Waals surface area contributed by atoms with Gasteiger partial charge in [0, 0.05) is 11.9 Å². The van der Waals surface area contributed by atoms with Crippen molar-refractivity contribution >= 4 is 11.9 Å². The highest BCUT2D eigenvalue weighted by atomic mass is 16.1. The van der Waals surface area contributed by atoms with Gasteiger partial charge in [-0.3, -0.25) is 9.78 Å². The van der Waals surface area contributed by atoms with Gasteiger partial charge in [-0.25, -0.2) is 0 Å². The predicted molar refractivity (Wildman–Crippen MR) is 65.7 cm³/mol. The molecule has 1 aliphatic heterocycles. The van der Waals surface area contributed by atoms with E-state index in [4.69, 9.17) is 5.73 Å². The standard InChI is InChI=1S/C11H11N7O/c1-6-8(10(12)19)9(7-4-2-3-5-13-7)18-11(14-6)15-16-17-18/h2-5,9H,1H3,(H2,12,19)(H,14,15,17)/t9-/m0/s1. The SMILES string of the molecule is CC1=C(C(N)=O)[C@H](c2ccccn2)n2nnnc2N1. The van der Waals surface area contributed by atoms with Crippen LogP contribution >= 0.6 is 0 Å². The molecule has 19 heavy (non-hydrogen) atoms. The second-order valence-corrected chi connectivity index (χ2v) is 4.13. The van der Waals surface area contributed by atoms with Gasteiger partial charge in [0.1, 0.15) is 6.04 Å². The van der Waals surface area contributed by atoms with Crippen LogP contribution in [0.4, 0.5) is 5.95 Å². The van der Waals surface area contributed by atoms with E-state index in [2.05, 4.69) is 25.8 Å². The normalized spacial score (nSPS) is 17.8. The Morgan fingerprint density at radius 3 is 3.00 bits per heavy atom. The van der Waals surface area contributed by atoms with Crippen LogP contribution in [0.3, 0.4) is 0 Å². The average molecular weight is 257 g/mol. The molecule has 3 rings (SSSR count). The molecular formula is C11H11N7O. The number of hydrogen-bond donors (Lipinski definition) is 2. The van der Waals surface area contributed by atoms with Crippen LogP contribution in [0, 0.1) is 0 Å². The summed E-state index contributed by atoms with van der Waals surface area (Å²) >= 11 is 0. The second-order valence-electron chi connectivity index (χ2n) is 4.13. The Bertz CT molecular complexity index is 661. The summed E-state index contributed by atoms with van der Waals surface area (Å²) in [5.41, 5.74) is 7.15. The number of nitrogens with one attached hydrogen (secondary N) is 1. The first-order valence-electron chi connectivity index (χ1n) is 5.65. The Kier molecular flexibility index (Phi) is 2.48. The maximum Gasteiger partial charge on any atom is 0.248 e. The van der Waals surface area contributed by atoms with Crippen LogP contribution in [-0.4, -0.2) is 31.1 Å². The predicted octanol–water partition coefficient (Wildman–Crippen LogP) is -0.158. The van der Waals surface area contributed by atoms with Gasteiger partial charge in [-0.05, 0) is 29.5 Å². The van der Waals surface area contributed by atoms with Crippen molar-refractivity contribution < 1.29 is 4.79 Å². The van der Waals surface area contributed by atoms with Gasteiger partial charge in [0.25, 0.3) is 0 Å². The van der Waals surface area contributed by atoms with Crippen LogP contribution in [0.25, 0.3) is 0 Å². The number of amides is 1. The molecule has 0 saturated carbocycles. The molecule has 0 aromatic carbocycles. The van der Waals surface area contributed by atoms with E-state index in [9.17, 15) is 4.79 Å². The molecule has 96 valence electrons. The lowest BCUT2D eigenvalue weighted by molar-refractivity contribution is -0.115. The number of carbonyl (C=O) groups excluding carboxylic acids is 1. The number of nitrogens with two attached hydrogens (primary N) is 1. The Balaban J connectivity index is 2.21. The van der Waals surface area contributed by atoms with E-state index in [1.165, 1.54) is 4.68 Å². The summed E-state index contributed by atoms with van der Waals surface area (Å²) in [6.45, 7) is 1.76. The van der Waals surface area contributed by atoms with Crippen molar-refractivity contribution in [1.29, 1.82) is 0 Å². The van der Waals surface area contributed by atoms with Gasteiger partial charge in [-0.15, -0.1) is 0 Å². The summed E-state index contributed by atoms with van der Waals surface area (Å²) in [5, 5.41) is 14.3. The summed E-state index contributed by atoms with van der Waals surface area (Å²) < 4.78 is 1.50. The summed E-state index contributed by atoms with van der Waals surface area (Å²) in [7, 11) is 0. The minimum absolute atomic E-state index is 0.401. The van der Waals surface area contributed by atoms with Crippen LogP contribution in [0.1, 0.15) is 18.7 Å². The highest BCUT2D eigenvalue weighted by molar-refractivity contribution is 5.95. The molecule has 0 saturated heterocycles. The van der Waals surface area contributed by atoms with Crippen LogP contribution in [-0.2, 0) is 4.79 Å². The average Bonchev–Trinajstić information content (AvgIpc) is 2.85. The number of pyridine rings is 1. The smallest absolute Gasteiger partial charge is 0.248 e. The molecule has 3 heterocycles. The number of tetrazole rings is 1. The van der Waals surface area contributed by atoms with Crippen molar-refractivity contribution in [2.75, 3.05) is 5.32 Å². The number of primary amides is 1. The fourth-order valence-corrected chi connectivity index (χ4v) is 2.14. The molecule has 0 fully saturated rings. The first kappa shape index (κ1) is 11.3. The van der Waals surface area contributed by atoms with Crippen molar-refractivity contribution in [3.8, 4) is 0 Å². The van der Waals surface area contributed by atoms with Crippen LogP contribution < -0.4 is 11.1 Å². The first-order valence-corrected chi connectivity index (χ1v) is 5.65. The number of hydrogen-bond acceptors (Lipinski definition) is 6. The zero-order valence-corrected chi connectivity index (χ0v) is 10.1. The molecule has 0 radical (unpaired) electrons. The third-order valence-corrected chi connectivity index (χ3v) is 2.95. The zero-order chi connectivity index (χ0) is 13.4. The number of aromatic nitrogens is 5. The Morgan fingerprint density at radius 2 is 2.32 bits per heavy atom. The van der Waals surface area contributed by atoms with E-state index in [1.807, 2.05) is 6.07 Å². The van der Waals surface area contributed by atoms with Crippen LogP contribution in [0.15, 0.2) is 35.7 Å². The number of rotatable bonds is 2. The molecule has 8 heteroatoms. The Morgan fingerprint density at radius 1 is 1.47 bits per heavy atom. The Hall–Kier alpha value is -2.77. The summed E-state index contributed by atoms with van der Waals surface area (Å²) in [6, 6.07) is 4.93. The van der Waals surface area contributed by atoms with Crippen LogP contribution in [0.5, 0.6) is 0 Å². The topological polar surface area (TPSA) is 112 Å². The van der Waals surface area contributed by atoms with E-state index < -0.39 is 11.9 Å².